The summed E-state index contributed by atoms with van der Waals surface area (Å²) in [5.41, 5.74) is -1.26. The number of aliphatic hydroxyl groups excluding tert-OH is 1. The first kappa shape index (κ1) is 18.9. The molecule has 1 heterocycles. The summed E-state index contributed by atoms with van der Waals surface area (Å²) in [6.45, 7) is 8.42. The van der Waals surface area contributed by atoms with E-state index in [4.69, 9.17) is 4.52 Å². The van der Waals surface area contributed by atoms with Gasteiger partial charge >= 0.3 is 139 Å². The standard InChI is InChI=1S/C17H32NO4P/c1-17(21)13(10-11-22-23(2,3)4)16(20)18-15(17)14(19)12-8-6-5-7-9-12/h6,8,12-15,19,21,23H,5,7,9-11H2,1-4H3,(H,18,20)/t12-,13+,14+,15?,17+/m1/s1. The Morgan fingerprint density at radius 3 is 2.74 bits per heavy atom. The van der Waals surface area contributed by atoms with E-state index >= 15 is 0 Å². The molecule has 0 aromatic carbocycles. The van der Waals surface area contributed by atoms with Gasteiger partial charge in [0.15, 0.2) is 0 Å². The summed E-state index contributed by atoms with van der Waals surface area (Å²) in [5, 5.41) is 24.4. The van der Waals surface area contributed by atoms with Crippen LogP contribution in [0.3, 0.4) is 0 Å². The van der Waals surface area contributed by atoms with Crippen molar-refractivity contribution in [2.75, 3.05) is 26.6 Å². The Labute approximate surface area is 139 Å². The molecule has 0 aromatic heterocycles. The number of hydrogen-bond donors (Lipinski definition) is 3. The molecule has 1 unspecified atom stereocenters. The van der Waals surface area contributed by atoms with E-state index in [1.165, 1.54) is 0 Å². The van der Waals surface area contributed by atoms with Gasteiger partial charge in [0.25, 0.3) is 0 Å². The zero-order valence-electron chi connectivity index (χ0n) is 14.7. The van der Waals surface area contributed by atoms with Gasteiger partial charge < -0.3 is 0 Å². The normalized spacial score (nSPS) is 36.8. The van der Waals surface area contributed by atoms with E-state index in [1.807, 2.05) is 6.08 Å². The molecule has 0 aromatic rings. The van der Waals surface area contributed by atoms with Gasteiger partial charge in [-0.05, 0) is 0 Å². The van der Waals surface area contributed by atoms with Crippen molar-refractivity contribution in [2.24, 2.45) is 11.8 Å². The van der Waals surface area contributed by atoms with E-state index in [9.17, 15) is 15.0 Å². The van der Waals surface area contributed by atoms with Crippen LogP contribution in [0.5, 0.6) is 0 Å². The Kier molecular flexibility index (Phi) is 5.89. The van der Waals surface area contributed by atoms with Gasteiger partial charge in [-0.2, -0.15) is 0 Å². The summed E-state index contributed by atoms with van der Waals surface area (Å²) in [6.07, 6.45) is 6.77. The van der Waals surface area contributed by atoms with Gasteiger partial charge in [0.05, 0.1) is 0 Å². The van der Waals surface area contributed by atoms with E-state index in [-0.39, 0.29) is 11.8 Å². The number of amides is 1. The minimum atomic E-state index is -1.63. The van der Waals surface area contributed by atoms with E-state index in [0.717, 1.165) is 19.3 Å². The number of hydrogen-bond acceptors (Lipinski definition) is 4. The Balaban J connectivity index is 2.02. The second kappa shape index (κ2) is 7.18. The van der Waals surface area contributed by atoms with Crippen LogP contribution in [0.2, 0.25) is 0 Å². The summed E-state index contributed by atoms with van der Waals surface area (Å²) >= 11 is 0. The first-order valence-corrected chi connectivity index (χ1v) is 12.0. The number of allylic oxidation sites excluding steroid dienone is 1. The number of nitrogens with one attached hydrogen (secondary N) is 1. The van der Waals surface area contributed by atoms with Gasteiger partial charge in [-0.15, -0.1) is 0 Å². The molecule has 134 valence electrons. The van der Waals surface area contributed by atoms with Gasteiger partial charge in [0, 0.05) is 0 Å². The molecule has 0 saturated carbocycles. The molecule has 0 bridgehead atoms. The van der Waals surface area contributed by atoms with Crippen molar-refractivity contribution in [1.82, 2.24) is 5.32 Å². The van der Waals surface area contributed by atoms with Crippen molar-refractivity contribution >= 4 is 13.4 Å². The monoisotopic (exact) mass is 345 g/mol. The predicted molar refractivity (Wildman–Crippen MR) is 95.2 cm³/mol. The van der Waals surface area contributed by atoms with Crippen LogP contribution in [0.15, 0.2) is 12.2 Å². The molecule has 0 radical (unpaired) electrons. The third-order valence-corrected chi connectivity index (χ3v) is 6.03. The first-order chi connectivity index (χ1) is 10.6. The molecule has 1 aliphatic carbocycles. The van der Waals surface area contributed by atoms with Gasteiger partial charge in [-0.25, -0.2) is 0 Å². The van der Waals surface area contributed by atoms with E-state index < -0.39 is 31.2 Å². The molecule has 5 atom stereocenters. The second-order valence-corrected chi connectivity index (χ2v) is 12.5. The van der Waals surface area contributed by atoms with Crippen LogP contribution in [0.4, 0.5) is 0 Å². The van der Waals surface area contributed by atoms with Gasteiger partial charge in [-0.1, -0.05) is 0 Å². The zero-order chi connectivity index (χ0) is 17.3. The average Bonchev–Trinajstić information content (AvgIpc) is 2.69. The van der Waals surface area contributed by atoms with Crippen molar-refractivity contribution < 1.29 is 19.5 Å². The predicted octanol–water partition coefficient (Wildman–Crippen LogP) is 1.53. The molecule has 3 N–H and O–H groups in total. The third-order valence-electron chi connectivity index (χ3n) is 4.96. The maximum absolute atomic E-state index is 12.3. The van der Waals surface area contributed by atoms with Crippen LogP contribution in [-0.2, 0) is 9.32 Å². The molecule has 23 heavy (non-hydrogen) atoms. The fourth-order valence-electron chi connectivity index (χ4n) is 3.59. The molecule has 5 nitrogen and oxygen atoms in total. The van der Waals surface area contributed by atoms with E-state index in [2.05, 4.69) is 31.4 Å². The van der Waals surface area contributed by atoms with Crippen LogP contribution in [0, 0.1) is 11.8 Å². The number of carbonyl (C=O) groups excluding carboxylic acids is 1. The second-order valence-electron chi connectivity index (χ2n) is 8.03. The van der Waals surface area contributed by atoms with Crippen LogP contribution in [0.25, 0.3) is 0 Å². The van der Waals surface area contributed by atoms with Crippen molar-refractivity contribution in [2.45, 2.75) is 50.4 Å². The molecular weight excluding hydrogens is 313 g/mol. The summed E-state index contributed by atoms with van der Waals surface area (Å²) in [6, 6.07) is -0.625. The summed E-state index contributed by atoms with van der Waals surface area (Å²) in [5.74, 6) is -0.721. The first-order valence-electron chi connectivity index (χ1n) is 8.64. The molecule has 2 rings (SSSR count). The molecule has 1 amide bonds. The molecule has 2 aliphatic rings. The van der Waals surface area contributed by atoms with Crippen molar-refractivity contribution in [3.8, 4) is 0 Å². The average molecular weight is 345 g/mol. The Morgan fingerprint density at radius 2 is 2.17 bits per heavy atom. The van der Waals surface area contributed by atoms with Gasteiger partial charge in [0.1, 0.15) is 0 Å². The van der Waals surface area contributed by atoms with Crippen LogP contribution in [0.1, 0.15) is 32.6 Å². The number of carbonyl (C=O) groups is 1. The van der Waals surface area contributed by atoms with Crippen LogP contribution >= 0.6 is 7.49 Å². The maximum atomic E-state index is 12.3. The summed E-state index contributed by atoms with van der Waals surface area (Å²) in [4.78, 5) is 12.3. The Hall–Kier alpha value is -0.480. The van der Waals surface area contributed by atoms with Crippen molar-refractivity contribution in [1.29, 1.82) is 0 Å². The Morgan fingerprint density at radius 1 is 1.48 bits per heavy atom. The van der Waals surface area contributed by atoms with E-state index in [1.54, 1.807) is 6.92 Å². The van der Waals surface area contributed by atoms with Crippen molar-refractivity contribution in [3.05, 3.63) is 12.2 Å². The van der Waals surface area contributed by atoms with Gasteiger partial charge in [0.2, 0.25) is 0 Å². The molecule has 1 aliphatic heterocycles. The summed E-state index contributed by atoms with van der Waals surface area (Å²) in [7, 11) is -1.63. The summed E-state index contributed by atoms with van der Waals surface area (Å²) < 4.78 is 5.82. The van der Waals surface area contributed by atoms with Crippen molar-refractivity contribution in [3.63, 3.8) is 0 Å². The SMILES string of the molecule is C[C@@]1(O)C([C@@H](O)[C@@H]2C=CCCC2)NC(=O)[C@@H]1CCO[PH](C)(C)C. The molecular formula is C17H32NO4P. The fraction of sp³-hybridized carbons (Fsp3) is 0.824. The molecule has 6 heteroatoms. The quantitative estimate of drug-likeness (QED) is 0.504. The van der Waals surface area contributed by atoms with E-state index in [0.29, 0.717) is 13.0 Å². The molecule has 1 saturated heterocycles. The minimum absolute atomic E-state index is 0.00231. The van der Waals surface area contributed by atoms with Crippen LogP contribution < -0.4 is 5.32 Å². The number of rotatable bonds is 6. The number of aliphatic hydroxyl groups is 2. The third kappa shape index (κ3) is 4.54. The fourth-order valence-corrected chi connectivity index (χ4v) is 4.32. The molecule has 0 spiro atoms. The zero-order valence-corrected chi connectivity index (χ0v) is 15.7. The van der Waals surface area contributed by atoms with Crippen LogP contribution in [-0.4, -0.2) is 60.5 Å². The topological polar surface area (TPSA) is 78.8 Å². The molecule has 1 fully saturated rings. The van der Waals surface area contributed by atoms with Gasteiger partial charge in [-0.3, -0.25) is 0 Å². The Bertz CT molecular complexity index is 458.